The first-order valence-electron chi connectivity index (χ1n) is 4.25. The Morgan fingerprint density at radius 2 is 1.60 bits per heavy atom. The first kappa shape index (κ1) is 14.0. The van der Waals surface area contributed by atoms with Gasteiger partial charge in [0, 0.05) is 20.4 Å². The second-order valence-corrected chi connectivity index (χ2v) is 6.56. The molecule has 0 amide bonds. The molecule has 0 radical (unpaired) electrons. The zero-order chi connectivity index (χ0) is 12.1. The third kappa shape index (κ3) is 6.18. The predicted molar refractivity (Wildman–Crippen MR) is 59.6 cm³/mol. The largest absolute Gasteiger partial charge is 0.490 e. The van der Waals surface area contributed by atoms with Gasteiger partial charge in [0.25, 0.3) is 11.9 Å². The fourth-order valence-corrected chi connectivity index (χ4v) is 3.89. The summed E-state index contributed by atoms with van der Waals surface area (Å²) in [5.41, 5.74) is 0. The molecular formula is C8H14O5SSi. The van der Waals surface area contributed by atoms with Crippen LogP contribution in [0.4, 0.5) is 0 Å². The zero-order valence-electron chi connectivity index (χ0n) is 9.16. The molecule has 0 aromatic heterocycles. The number of carbonyl (C=O) groups is 2. The molecule has 0 N–H and O–H groups in total. The first-order valence-corrected chi connectivity index (χ1v) is 7.18. The second kappa shape index (κ2) is 5.81. The van der Waals surface area contributed by atoms with Crippen LogP contribution >= 0.6 is 12.2 Å². The van der Waals surface area contributed by atoms with Gasteiger partial charge in [0.2, 0.25) is 0 Å². The summed E-state index contributed by atoms with van der Waals surface area (Å²) >= 11 is 4.84. The molecule has 0 aliphatic rings. The van der Waals surface area contributed by atoms with E-state index in [4.69, 9.17) is 25.8 Å². The van der Waals surface area contributed by atoms with E-state index < -0.39 is 20.5 Å². The topological polar surface area (TPSA) is 61.8 Å². The van der Waals surface area contributed by atoms with Crippen LogP contribution in [0.3, 0.4) is 0 Å². The van der Waals surface area contributed by atoms with E-state index in [-0.39, 0.29) is 11.1 Å². The van der Waals surface area contributed by atoms with E-state index in [0.717, 1.165) is 0 Å². The van der Waals surface area contributed by atoms with Gasteiger partial charge in [-0.1, -0.05) is 0 Å². The van der Waals surface area contributed by atoms with Crippen molar-refractivity contribution in [1.29, 1.82) is 0 Å². The highest BCUT2D eigenvalue weighted by Gasteiger charge is 2.40. The number of thiocarbonyl (C=S) groups is 1. The smallest absolute Gasteiger partial charge is 0.469 e. The summed E-state index contributed by atoms with van der Waals surface area (Å²) in [6.45, 7) is 4.09. The average Bonchev–Trinajstić information content (AvgIpc) is 1.99. The predicted octanol–water partition coefficient (Wildman–Crippen LogP) is 1.16. The van der Waals surface area contributed by atoms with Gasteiger partial charge in [-0.15, -0.1) is 0 Å². The van der Waals surface area contributed by atoms with E-state index in [0.29, 0.717) is 0 Å². The van der Waals surface area contributed by atoms with Gasteiger partial charge in [-0.2, -0.15) is 0 Å². The van der Waals surface area contributed by atoms with Gasteiger partial charge < -0.3 is 13.6 Å². The lowest BCUT2D eigenvalue weighted by Gasteiger charge is -2.24. The molecule has 0 heterocycles. The Hall–Kier alpha value is -0.953. The van der Waals surface area contributed by atoms with Crippen molar-refractivity contribution in [3.05, 3.63) is 0 Å². The highest BCUT2D eigenvalue weighted by atomic mass is 32.1. The van der Waals surface area contributed by atoms with Crippen molar-refractivity contribution in [2.24, 2.45) is 0 Å². The Balaban J connectivity index is 4.60. The van der Waals surface area contributed by atoms with Crippen LogP contribution in [0, 0.1) is 0 Å². The zero-order valence-corrected chi connectivity index (χ0v) is 11.0. The van der Waals surface area contributed by atoms with E-state index >= 15 is 0 Å². The van der Waals surface area contributed by atoms with Crippen molar-refractivity contribution in [3.8, 4) is 0 Å². The van der Waals surface area contributed by atoms with Crippen molar-refractivity contribution in [1.82, 2.24) is 0 Å². The van der Waals surface area contributed by atoms with Crippen molar-refractivity contribution in [3.63, 3.8) is 0 Å². The maximum Gasteiger partial charge on any atom is 0.469 e. The Labute approximate surface area is 94.9 Å². The van der Waals surface area contributed by atoms with Gasteiger partial charge in [0.15, 0.2) is 5.05 Å². The Morgan fingerprint density at radius 1 is 1.20 bits per heavy atom. The minimum Gasteiger partial charge on any atom is -0.490 e. The van der Waals surface area contributed by atoms with Crippen LogP contribution in [0.1, 0.15) is 13.8 Å². The number of hydrogen-bond donors (Lipinski definition) is 0. The summed E-state index contributed by atoms with van der Waals surface area (Å²) in [7, 11) is -1.51. The molecule has 0 aromatic carbocycles. The van der Waals surface area contributed by atoms with Crippen LogP contribution in [0.5, 0.6) is 0 Å². The summed E-state index contributed by atoms with van der Waals surface area (Å²) in [6.07, 6.45) is 0. The molecule has 5 nitrogen and oxygen atoms in total. The molecule has 0 saturated carbocycles. The number of carbonyl (C=O) groups excluding carboxylic acids is 2. The van der Waals surface area contributed by atoms with E-state index in [9.17, 15) is 9.59 Å². The summed E-state index contributed by atoms with van der Waals surface area (Å²) in [6, 6.07) is 0.165. The molecular weight excluding hydrogens is 236 g/mol. The molecule has 86 valence electrons. The van der Waals surface area contributed by atoms with Gasteiger partial charge in [-0.3, -0.25) is 9.59 Å². The minimum atomic E-state index is -2.92. The third-order valence-electron chi connectivity index (χ3n) is 1.41. The average molecular weight is 250 g/mol. The minimum absolute atomic E-state index is 0.165. The van der Waals surface area contributed by atoms with Crippen LogP contribution in [-0.4, -0.2) is 32.7 Å². The molecule has 0 spiro atoms. The standard InChI is InChI=1S/C8H14O5SSi/c1-6(9)12-15(4,13-7(2)10)5-8(14)11-3/h5H2,1-4H3. The summed E-state index contributed by atoms with van der Waals surface area (Å²) in [5, 5.41) is 0.256. The summed E-state index contributed by atoms with van der Waals surface area (Å²) in [4.78, 5) is 21.7. The van der Waals surface area contributed by atoms with Gasteiger partial charge >= 0.3 is 8.56 Å². The molecule has 0 atom stereocenters. The van der Waals surface area contributed by atoms with E-state index in [1.54, 1.807) is 6.55 Å². The molecule has 0 saturated heterocycles. The quantitative estimate of drug-likeness (QED) is 0.551. The molecule has 15 heavy (non-hydrogen) atoms. The Morgan fingerprint density at radius 3 is 1.87 bits per heavy atom. The van der Waals surface area contributed by atoms with Crippen molar-refractivity contribution in [2.75, 3.05) is 7.11 Å². The molecule has 0 bridgehead atoms. The maximum absolute atomic E-state index is 10.8. The lowest BCUT2D eigenvalue weighted by Crippen LogP contribution is -2.43. The molecule has 0 aromatic rings. The molecule has 0 aliphatic heterocycles. The lowest BCUT2D eigenvalue weighted by molar-refractivity contribution is -0.138. The van der Waals surface area contributed by atoms with Crippen LogP contribution in [0.15, 0.2) is 0 Å². The normalized spacial score (nSPS) is 10.4. The Kier molecular flexibility index (Phi) is 5.44. The van der Waals surface area contributed by atoms with Crippen molar-refractivity contribution < 1.29 is 23.2 Å². The van der Waals surface area contributed by atoms with E-state index in [1.165, 1.54) is 21.0 Å². The summed E-state index contributed by atoms with van der Waals surface area (Å²) < 4.78 is 14.8. The van der Waals surface area contributed by atoms with Gasteiger partial charge in [-0.05, 0) is 12.2 Å². The number of hydrogen-bond acceptors (Lipinski definition) is 6. The lowest BCUT2D eigenvalue weighted by atomic mass is 10.8. The fourth-order valence-electron chi connectivity index (χ4n) is 1.04. The molecule has 7 heteroatoms. The van der Waals surface area contributed by atoms with Gasteiger partial charge in [-0.25, -0.2) is 0 Å². The fraction of sp³-hybridized carbons (Fsp3) is 0.625. The maximum atomic E-state index is 10.8. The number of ether oxygens (including phenoxy) is 1. The Bertz CT molecular complexity index is 262. The van der Waals surface area contributed by atoms with Crippen molar-refractivity contribution in [2.45, 2.75) is 26.4 Å². The monoisotopic (exact) mass is 250 g/mol. The van der Waals surface area contributed by atoms with E-state index in [2.05, 4.69) is 0 Å². The van der Waals surface area contributed by atoms with Crippen LogP contribution < -0.4 is 0 Å². The first-order chi connectivity index (χ1) is 6.79. The molecule has 0 unspecified atom stereocenters. The highest BCUT2D eigenvalue weighted by molar-refractivity contribution is 7.80. The molecule has 0 fully saturated rings. The highest BCUT2D eigenvalue weighted by Crippen LogP contribution is 2.15. The van der Waals surface area contributed by atoms with Gasteiger partial charge in [0.05, 0.1) is 13.2 Å². The number of rotatable bonds is 4. The van der Waals surface area contributed by atoms with Crippen LogP contribution in [0.25, 0.3) is 0 Å². The number of methoxy groups -OCH3 is 1. The molecule has 0 aliphatic carbocycles. The van der Waals surface area contributed by atoms with Gasteiger partial charge in [0.1, 0.15) is 0 Å². The SMILES string of the molecule is COC(=S)C[Si](C)(OC(C)=O)OC(C)=O. The third-order valence-corrected chi connectivity index (χ3v) is 4.38. The summed E-state index contributed by atoms with van der Waals surface area (Å²) in [5.74, 6) is -0.992. The molecule has 0 rings (SSSR count). The van der Waals surface area contributed by atoms with Crippen LogP contribution in [-0.2, 0) is 23.2 Å². The van der Waals surface area contributed by atoms with E-state index in [1.807, 2.05) is 0 Å². The second-order valence-electron chi connectivity index (χ2n) is 3.07. The van der Waals surface area contributed by atoms with Crippen molar-refractivity contribution >= 4 is 37.8 Å². The van der Waals surface area contributed by atoms with Crippen LogP contribution in [0.2, 0.25) is 12.6 Å².